The standard InChI is InChI=1S/C26H29FN6O3/c1-3-26(30-2)17-33(25(35)36-16-18-7-5-4-6-8-18)14-13-22(26)31-15-21(24(29)34)23(28)32-20-11-9-19(27)10-12-20/h2,4-12,15,22H,3,13-14,16-17H2,1H3,(H4-,28,29,31,32,34)/p+1. The maximum atomic E-state index is 13.1. The van der Waals surface area contributed by atoms with Gasteiger partial charge in [-0.2, -0.15) is 0 Å². The summed E-state index contributed by atoms with van der Waals surface area (Å²) >= 11 is 0. The summed E-state index contributed by atoms with van der Waals surface area (Å²) in [7, 11) is 0. The second-order valence-electron chi connectivity index (χ2n) is 8.45. The van der Waals surface area contributed by atoms with E-state index in [9.17, 15) is 14.0 Å². The molecule has 1 aliphatic rings. The molecular formula is C26H30FN6O3+. The minimum Gasteiger partial charge on any atom is -0.445 e. The van der Waals surface area contributed by atoms with Crippen LogP contribution in [0.25, 0.3) is 4.85 Å². The highest BCUT2D eigenvalue weighted by atomic mass is 19.1. The number of likely N-dealkylation sites (tertiary alicyclic amines) is 1. The number of primary amides is 1. The molecule has 0 aliphatic carbocycles. The summed E-state index contributed by atoms with van der Waals surface area (Å²) in [6.07, 6.45) is 1.92. The van der Waals surface area contributed by atoms with Crippen molar-refractivity contribution < 1.29 is 18.7 Å². The van der Waals surface area contributed by atoms with Crippen LogP contribution in [0.4, 0.5) is 14.9 Å². The summed E-state index contributed by atoms with van der Waals surface area (Å²) in [6.45, 7) is 8.51. The molecule has 9 nitrogen and oxygen atoms in total. The summed E-state index contributed by atoms with van der Waals surface area (Å²) in [5.41, 5.74) is 11.9. The second-order valence-corrected chi connectivity index (χ2v) is 8.45. The van der Waals surface area contributed by atoms with E-state index < -0.39 is 23.4 Å². The number of aliphatic imine (C=N–C) groups is 1. The van der Waals surface area contributed by atoms with Crippen LogP contribution in [0.1, 0.15) is 25.3 Å². The van der Waals surface area contributed by atoms with Gasteiger partial charge in [0.25, 0.3) is 12.5 Å². The Balaban J connectivity index is 1.72. The van der Waals surface area contributed by atoms with Crippen molar-refractivity contribution in [1.82, 2.24) is 10.2 Å². The van der Waals surface area contributed by atoms with Gasteiger partial charge in [0.05, 0.1) is 11.3 Å². The Morgan fingerprint density at radius 2 is 1.94 bits per heavy atom. The average Bonchev–Trinajstić information content (AvgIpc) is 2.89. The van der Waals surface area contributed by atoms with Gasteiger partial charge in [-0.25, -0.2) is 14.2 Å². The molecule has 1 heterocycles. The number of amidine groups is 1. The van der Waals surface area contributed by atoms with E-state index in [1.807, 2.05) is 37.3 Å². The highest BCUT2D eigenvalue weighted by molar-refractivity contribution is 6.20. The van der Waals surface area contributed by atoms with E-state index in [4.69, 9.17) is 22.8 Å². The number of nitrogens with one attached hydrogen (secondary N) is 1. The Kier molecular flexibility index (Phi) is 8.62. The molecule has 2 amide bonds. The van der Waals surface area contributed by atoms with Gasteiger partial charge in [0, 0.05) is 19.2 Å². The van der Waals surface area contributed by atoms with Crippen molar-refractivity contribution in [3.8, 4) is 6.57 Å². The van der Waals surface area contributed by atoms with Crippen LogP contribution in [0.15, 0.2) is 71.4 Å². The number of ether oxygens (including phenoxy) is 1. The largest absolute Gasteiger partial charge is 0.445 e. The second kappa shape index (κ2) is 11.8. The fourth-order valence-electron chi connectivity index (χ4n) is 4.03. The minimum absolute atomic E-state index is 0.0500. The van der Waals surface area contributed by atoms with Crippen LogP contribution in [0, 0.1) is 12.4 Å². The van der Waals surface area contributed by atoms with E-state index in [-0.39, 0.29) is 30.6 Å². The zero-order chi connectivity index (χ0) is 26.1. The molecule has 0 bridgehead atoms. The van der Waals surface area contributed by atoms with Gasteiger partial charge in [0.1, 0.15) is 30.8 Å². The normalized spacial score (nSPS) is 20.4. The first-order valence-electron chi connectivity index (χ1n) is 11.5. The molecule has 0 saturated carbocycles. The quantitative estimate of drug-likeness (QED) is 0.295. The van der Waals surface area contributed by atoms with E-state index in [1.54, 1.807) is 4.90 Å². The number of carbonyl (C=O) groups is 2. The monoisotopic (exact) mass is 493 g/mol. The highest BCUT2D eigenvalue weighted by Gasteiger charge is 2.52. The number of hydrogen-bond donors (Lipinski definition) is 3. The molecule has 188 valence electrons. The Morgan fingerprint density at radius 3 is 2.56 bits per heavy atom. The van der Waals surface area contributed by atoms with Gasteiger partial charge >= 0.3 is 11.6 Å². The number of carbonyl (C=O) groups excluding carboxylic acids is 2. The zero-order valence-corrected chi connectivity index (χ0v) is 20.1. The molecule has 1 saturated heterocycles. The van der Waals surface area contributed by atoms with Gasteiger partial charge in [0.2, 0.25) is 0 Å². The molecule has 0 radical (unpaired) electrons. The number of nitrogens with zero attached hydrogens (tertiary/aromatic N) is 3. The van der Waals surface area contributed by atoms with Crippen molar-refractivity contribution in [1.29, 1.82) is 0 Å². The Bertz CT molecular complexity index is 1180. The van der Waals surface area contributed by atoms with E-state index in [2.05, 4.69) is 15.2 Å². The van der Waals surface area contributed by atoms with Gasteiger partial charge in [-0.15, -0.1) is 0 Å². The van der Waals surface area contributed by atoms with Crippen LogP contribution < -0.4 is 16.8 Å². The van der Waals surface area contributed by atoms with Crippen molar-refractivity contribution >= 4 is 23.5 Å². The van der Waals surface area contributed by atoms with Crippen molar-refractivity contribution in [2.75, 3.05) is 13.1 Å². The van der Waals surface area contributed by atoms with Crippen LogP contribution in [0.3, 0.4) is 0 Å². The Morgan fingerprint density at radius 1 is 1.25 bits per heavy atom. The van der Waals surface area contributed by atoms with Crippen molar-refractivity contribution in [2.24, 2.45) is 16.5 Å². The molecule has 1 fully saturated rings. The lowest BCUT2D eigenvalue weighted by Gasteiger charge is -2.37. The predicted octanol–water partition coefficient (Wildman–Crippen LogP) is 3.30. The number of hydrogen-bond acceptors (Lipinski definition) is 5. The van der Waals surface area contributed by atoms with Gasteiger partial charge in [-0.1, -0.05) is 42.1 Å². The van der Waals surface area contributed by atoms with Crippen molar-refractivity contribution in [2.45, 2.75) is 38.0 Å². The lowest BCUT2D eigenvalue weighted by atomic mass is 9.82. The van der Waals surface area contributed by atoms with E-state index >= 15 is 0 Å². The molecule has 1 aliphatic heterocycles. The predicted molar refractivity (Wildman–Crippen MR) is 136 cm³/mol. The van der Waals surface area contributed by atoms with Crippen LogP contribution in [0.5, 0.6) is 0 Å². The molecule has 2 unspecified atom stereocenters. The third-order valence-electron chi connectivity index (χ3n) is 6.18. The lowest BCUT2D eigenvalue weighted by molar-refractivity contribution is -0.114. The first-order chi connectivity index (χ1) is 17.3. The van der Waals surface area contributed by atoms with Crippen LogP contribution in [-0.2, 0) is 16.1 Å². The summed E-state index contributed by atoms with van der Waals surface area (Å²) in [6, 6.07) is 14.4. The number of piperidine rings is 1. The Hall–Kier alpha value is -4.39. The Labute approximate surface area is 209 Å². The number of halogens is 1. The molecule has 2 aromatic carbocycles. The summed E-state index contributed by atoms with van der Waals surface area (Å²) in [5.74, 6) is -1.34. The van der Waals surface area contributed by atoms with Gasteiger partial charge in [-0.3, -0.25) is 9.69 Å². The van der Waals surface area contributed by atoms with Crippen molar-refractivity contribution in [3.63, 3.8) is 0 Å². The summed E-state index contributed by atoms with van der Waals surface area (Å²) < 4.78 is 18.6. The third-order valence-corrected chi connectivity index (χ3v) is 6.18. The topological polar surface area (TPSA) is 127 Å². The number of benzene rings is 2. The maximum absolute atomic E-state index is 13.1. The molecule has 5 N–H and O–H groups in total. The first kappa shape index (κ1) is 26.2. The van der Waals surface area contributed by atoms with Crippen LogP contribution in [0.2, 0.25) is 0 Å². The van der Waals surface area contributed by atoms with E-state index in [0.29, 0.717) is 25.1 Å². The SMILES string of the molecule is C#[N+]C1(CC)CN(C(=O)OCc2ccccc2)CCC1NC=C(C(N)=O)C(N)=Nc1ccc(F)cc1. The van der Waals surface area contributed by atoms with Crippen LogP contribution >= 0.6 is 0 Å². The fraction of sp³-hybridized carbons (Fsp3) is 0.308. The van der Waals surface area contributed by atoms with Gasteiger partial charge < -0.3 is 21.5 Å². The van der Waals surface area contributed by atoms with Gasteiger partial charge in [-0.05, 0) is 36.2 Å². The minimum atomic E-state index is -0.841. The average molecular weight is 494 g/mol. The summed E-state index contributed by atoms with van der Waals surface area (Å²) in [5, 5.41) is 3.15. The summed E-state index contributed by atoms with van der Waals surface area (Å²) in [4.78, 5) is 34.6. The maximum Gasteiger partial charge on any atom is 0.410 e. The number of nitrogens with two attached hydrogens (primary N) is 2. The van der Waals surface area contributed by atoms with E-state index in [0.717, 1.165) is 5.56 Å². The van der Waals surface area contributed by atoms with Crippen molar-refractivity contribution in [3.05, 3.63) is 82.6 Å². The molecule has 0 aromatic heterocycles. The molecule has 36 heavy (non-hydrogen) atoms. The fourth-order valence-corrected chi connectivity index (χ4v) is 4.03. The molecule has 10 heteroatoms. The highest BCUT2D eigenvalue weighted by Crippen LogP contribution is 2.30. The molecule has 3 rings (SSSR count). The molecule has 2 atom stereocenters. The molecular weight excluding hydrogens is 463 g/mol. The number of rotatable bonds is 8. The molecule has 2 aromatic rings. The van der Waals surface area contributed by atoms with Crippen LogP contribution in [-0.4, -0.2) is 47.4 Å². The number of amides is 2. The first-order valence-corrected chi connectivity index (χ1v) is 11.5. The smallest absolute Gasteiger partial charge is 0.410 e. The lowest BCUT2D eigenvalue weighted by Crippen LogP contribution is -2.60. The molecule has 0 spiro atoms. The van der Waals surface area contributed by atoms with E-state index in [1.165, 1.54) is 30.5 Å². The van der Waals surface area contributed by atoms with Gasteiger partial charge in [0.15, 0.2) is 0 Å². The zero-order valence-electron chi connectivity index (χ0n) is 20.1. The third kappa shape index (κ3) is 6.39.